The highest BCUT2D eigenvalue weighted by Gasteiger charge is 2.14. The number of fused-ring (bicyclic) bond motifs is 1. The molecule has 1 N–H and O–H groups in total. The highest BCUT2D eigenvalue weighted by Crippen LogP contribution is 2.14. The van der Waals surface area contributed by atoms with E-state index in [2.05, 4.69) is 9.72 Å². The number of aliphatic hydroxyl groups is 1. The first-order valence-corrected chi connectivity index (χ1v) is 6.28. The SMILES string of the molecule is COC(=O)c1cc2c(=O)n(CCCO)ccc2nc1C. The lowest BCUT2D eigenvalue weighted by atomic mass is 10.1. The number of aromatic nitrogens is 2. The number of carbonyl (C=O) groups excluding carboxylic acids is 1. The van der Waals surface area contributed by atoms with E-state index in [9.17, 15) is 9.59 Å². The average Bonchev–Trinajstić information content (AvgIpc) is 2.45. The van der Waals surface area contributed by atoms with Gasteiger partial charge in [0.2, 0.25) is 0 Å². The number of aryl methyl sites for hydroxylation is 2. The molecule has 6 heteroatoms. The van der Waals surface area contributed by atoms with Crippen molar-refractivity contribution in [1.29, 1.82) is 0 Å². The Bertz CT molecular complexity index is 706. The van der Waals surface area contributed by atoms with Crippen LogP contribution in [0.3, 0.4) is 0 Å². The highest BCUT2D eigenvalue weighted by atomic mass is 16.5. The van der Waals surface area contributed by atoms with Crippen LogP contribution in [0.2, 0.25) is 0 Å². The van der Waals surface area contributed by atoms with Crippen molar-refractivity contribution < 1.29 is 14.6 Å². The van der Waals surface area contributed by atoms with Crippen LogP contribution in [-0.4, -0.2) is 34.3 Å². The molecule has 0 unspecified atom stereocenters. The van der Waals surface area contributed by atoms with Crippen LogP contribution >= 0.6 is 0 Å². The predicted molar refractivity (Wildman–Crippen MR) is 73.8 cm³/mol. The Morgan fingerprint density at radius 1 is 1.50 bits per heavy atom. The van der Waals surface area contributed by atoms with Crippen LogP contribution in [0.15, 0.2) is 23.1 Å². The zero-order valence-electron chi connectivity index (χ0n) is 11.4. The summed E-state index contributed by atoms with van der Waals surface area (Å²) in [6.07, 6.45) is 2.14. The quantitative estimate of drug-likeness (QED) is 0.838. The fourth-order valence-corrected chi connectivity index (χ4v) is 2.04. The summed E-state index contributed by atoms with van der Waals surface area (Å²) >= 11 is 0. The van der Waals surface area contributed by atoms with Crippen molar-refractivity contribution in [3.63, 3.8) is 0 Å². The predicted octanol–water partition coefficient (Wildman–Crippen LogP) is 0.874. The van der Waals surface area contributed by atoms with E-state index >= 15 is 0 Å². The van der Waals surface area contributed by atoms with Crippen LogP contribution < -0.4 is 5.56 Å². The van der Waals surface area contributed by atoms with E-state index in [4.69, 9.17) is 5.11 Å². The van der Waals surface area contributed by atoms with E-state index in [0.717, 1.165) is 0 Å². The first-order valence-electron chi connectivity index (χ1n) is 6.28. The number of hydrogen-bond donors (Lipinski definition) is 1. The van der Waals surface area contributed by atoms with Crippen LogP contribution in [0.4, 0.5) is 0 Å². The lowest BCUT2D eigenvalue weighted by Gasteiger charge is -2.08. The minimum absolute atomic E-state index is 0.0179. The van der Waals surface area contributed by atoms with Gasteiger partial charge in [-0.3, -0.25) is 9.78 Å². The van der Waals surface area contributed by atoms with E-state index in [1.54, 1.807) is 19.2 Å². The average molecular weight is 276 g/mol. The Morgan fingerprint density at radius 2 is 2.25 bits per heavy atom. The smallest absolute Gasteiger partial charge is 0.339 e. The molecule has 0 spiro atoms. The van der Waals surface area contributed by atoms with Crippen molar-refractivity contribution in [2.24, 2.45) is 0 Å². The minimum atomic E-state index is -0.512. The summed E-state index contributed by atoms with van der Waals surface area (Å²) in [4.78, 5) is 28.2. The van der Waals surface area contributed by atoms with Crippen molar-refractivity contribution in [1.82, 2.24) is 9.55 Å². The maximum absolute atomic E-state index is 12.3. The Labute approximate surface area is 115 Å². The zero-order valence-corrected chi connectivity index (χ0v) is 11.4. The first kappa shape index (κ1) is 14.2. The summed E-state index contributed by atoms with van der Waals surface area (Å²) in [6.45, 7) is 2.14. The molecule has 0 aliphatic carbocycles. The van der Waals surface area contributed by atoms with E-state index in [-0.39, 0.29) is 17.7 Å². The molecule has 6 nitrogen and oxygen atoms in total. The summed E-state index contributed by atoms with van der Waals surface area (Å²) in [6, 6.07) is 3.24. The molecule has 0 saturated carbocycles. The third kappa shape index (κ3) is 2.55. The number of aliphatic hydroxyl groups excluding tert-OH is 1. The van der Waals surface area contributed by atoms with Gasteiger partial charge < -0.3 is 14.4 Å². The lowest BCUT2D eigenvalue weighted by molar-refractivity contribution is 0.0599. The van der Waals surface area contributed by atoms with Crippen LogP contribution in [0.1, 0.15) is 22.5 Å². The third-order valence-electron chi connectivity index (χ3n) is 3.11. The molecule has 2 aromatic heterocycles. The topological polar surface area (TPSA) is 81.4 Å². The van der Waals surface area contributed by atoms with Gasteiger partial charge in [0.1, 0.15) is 0 Å². The molecule has 0 bridgehead atoms. The van der Waals surface area contributed by atoms with Gasteiger partial charge in [-0.25, -0.2) is 4.79 Å². The minimum Gasteiger partial charge on any atom is -0.465 e. The largest absolute Gasteiger partial charge is 0.465 e. The van der Waals surface area contributed by atoms with E-state index < -0.39 is 5.97 Å². The summed E-state index contributed by atoms with van der Waals surface area (Å²) in [7, 11) is 1.29. The van der Waals surface area contributed by atoms with Gasteiger partial charge in [0.05, 0.1) is 29.3 Å². The molecule has 0 atom stereocenters. The molecule has 2 aromatic rings. The van der Waals surface area contributed by atoms with Gasteiger partial charge in [-0.15, -0.1) is 0 Å². The second-order valence-corrected chi connectivity index (χ2v) is 4.44. The first-order chi connectivity index (χ1) is 9.58. The van der Waals surface area contributed by atoms with Gasteiger partial charge in [0.15, 0.2) is 0 Å². The molecular weight excluding hydrogens is 260 g/mol. The lowest BCUT2D eigenvalue weighted by Crippen LogP contribution is -2.21. The monoisotopic (exact) mass is 276 g/mol. The van der Waals surface area contributed by atoms with Gasteiger partial charge in [0.25, 0.3) is 5.56 Å². The zero-order chi connectivity index (χ0) is 14.7. The molecule has 0 fully saturated rings. The van der Waals surface area contributed by atoms with Gasteiger partial charge in [-0.1, -0.05) is 0 Å². The third-order valence-corrected chi connectivity index (χ3v) is 3.11. The summed E-state index contributed by atoms with van der Waals surface area (Å²) in [5.41, 5.74) is 1.13. The summed E-state index contributed by atoms with van der Waals surface area (Å²) in [5.74, 6) is -0.512. The van der Waals surface area contributed by atoms with E-state index in [1.165, 1.54) is 17.7 Å². The Kier molecular flexibility index (Phi) is 4.14. The van der Waals surface area contributed by atoms with Gasteiger partial charge in [-0.05, 0) is 25.5 Å². The summed E-state index contributed by atoms with van der Waals surface area (Å²) in [5, 5.41) is 9.20. The molecule has 0 radical (unpaired) electrons. The Hall–Kier alpha value is -2.21. The van der Waals surface area contributed by atoms with Crippen molar-refractivity contribution in [2.75, 3.05) is 13.7 Å². The Morgan fingerprint density at radius 3 is 2.90 bits per heavy atom. The fraction of sp³-hybridized carbons (Fsp3) is 0.357. The number of hydrogen-bond acceptors (Lipinski definition) is 5. The molecule has 20 heavy (non-hydrogen) atoms. The van der Waals surface area contributed by atoms with Crippen molar-refractivity contribution in [3.8, 4) is 0 Å². The maximum Gasteiger partial charge on any atom is 0.339 e. The van der Waals surface area contributed by atoms with E-state index in [0.29, 0.717) is 29.6 Å². The van der Waals surface area contributed by atoms with Gasteiger partial charge in [-0.2, -0.15) is 0 Å². The standard InChI is InChI=1S/C14H16N2O4/c1-9-10(14(19)20-2)8-11-12(15-9)4-6-16(13(11)18)5-3-7-17/h4,6,8,17H,3,5,7H2,1-2H3. The van der Waals surface area contributed by atoms with Gasteiger partial charge in [0, 0.05) is 19.3 Å². The molecule has 106 valence electrons. The number of carbonyl (C=O) groups is 1. The molecule has 0 amide bonds. The molecular formula is C14H16N2O4. The van der Waals surface area contributed by atoms with Crippen LogP contribution in [-0.2, 0) is 11.3 Å². The number of esters is 1. The molecule has 2 rings (SSSR count). The number of ether oxygens (including phenoxy) is 1. The normalized spacial score (nSPS) is 10.8. The molecule has 0 saturated heterocycles. The van der Waals surface area contributed by atoms with Crippen molar-refractivity contribution >= 4 is 16.9 Å². The Balaban J connectivity index is 2.61. The summed E-state index contributed by atoms with van der Waals surface area (Å²) < 4.78 is 6.18. The number of methoxy groups -OCH3 is 1. The highest BCUT2D eigenvalue weighted by molar-refractivity contribution is 5.94. The second-order valence-electron chi connectivity index (χ2n) is 4.44. The van der Waals surface area contributed by atoms with E-state index in [1.807, 2.05) is 0 Å². The number of rotatable bonds is 4. The van der Waals surface area contributed by atoms with Crippen LogP contribution in [0.25, 0.3) is 10.9 Å². The van der Waals surface area contributed by atoms with Crippen LogP contribution in [0, 0.1) is 6.92 Å². The van der Waals surface area contributed by atoms with Crippen LogP contribution in [0.5, 0.6) is 0 Å². The molecule has 0 aliphatic rings. The van der Waals surface area contributed by atoms with Gasteiger partial charge >= 0.3 is 5.97 Å². The number of pyridine rings is 2. The molecule has 2 heterocycles. The van der Waals surface area contributed by atoms with Crippen molar-refractivity contribution in [2.45, 2.75) is 19.9 Å². The second kappa shape index (κ2) is 5.83. The molecule has 0 aromatic carbocycles. The van der Waals surface area contributed by atoms with Crippen molar-refractivity contribution in [3.05, 3.63) is 39.9 Å². The maximum atomic E-state index is 12.3. The number of nitrogens with zero attached hydrogens (tertiary/aromatic N) is 2. The molecule has 0 aliphatic heterocycles. The fourth-order valence-electron chi connectivity index (χ4n) is 2.04.